The standard InChI is InChI=1S/C10H17NO3S/c1-7(15-2)10(14)11-5-3-4-8(11)6-9(12)13/h7-8H,3-6H2,1-2H3,(H,12,13)/t7-,8+/m0/s1. The smallest absolute Gasteiger partial charge is 0.305 e. The zero-order valence-electron chi connectivity index (χ0n) is 9.10. The fourth-order valence-electron chi connectivity index (χ4n) is 1.87. The molecule has 0 radical (unpaired) electrons. The van der Waals surface area contributed by atoms with Crippen LogP contribution in [0.15, 0.2) is 0 Å². The summed E-state index contributed by atoms with van der Waals surface area (Å²) < 4.78 is 0. The Morgan fingerprint density at radius 1 is 1.60 bits per heavy atom. The summed E-state index contributed by atoms with van der Waals surface area (Å²) in [5, 5.41) is 8.66. The Morgan fingerprint density at radius 3 is 2.80 bits per heavy atom. The number of amides is 1. The molecule has 2 atom stereocenters. The molecule has 1 aliphatic heterocycles. The first-order valence-electron chi connectivity index (χ1n) is 5.11. The van der Waals surface area contributed by atoms with Gasteiger partial charge in [-0.05, 0) is 26.0 Å². The molecule has 5 heteroatoms. The highest BCUT2D eigenvalue weighted by molar-refractivity contribution is 7.99. The van der Waals surface area contributed by atoms with Crippen LogP contribution in [0.5, 0.6) is 0 Å². The van der Waals surface area contributed by atoms with E-state index in [0.717, 1.165) is 12.8 Å². The second-order valence-electron chi connectivity index (χ2n) is 3.80. The van der Waals surface area contributed by atoms with Crippen LogP contribution in [0.1, 0.15) is 26.2 Å². The minimum atomic E-state index is -0.823. The lowest BCUT2D eigenvalue weighted by molar-refractivity contribution is -0.139. The quantitative estimate of drug-likeness (QED) is 0.790. The van der Waals surface area contributed by atoms with Crippen molar-refractivity contribution >= 4 is 23.6 Å². The summed E-state index contributed by atoms with van der Waals surface area (Å²) in [5.74, 6) is -0.747. The third kappa shape index (κ3) is 3.12. The van der Waals surface area contributed by atoms with Gasteiger partial charge in [-0.15, -0.1) is 0 Å². The SMILES string of the molecule is CS[C@@H](C)C(=O)N1CCC[C@@H]1CC(=O)O. The minimum absolute atomic E-state index is 0.0700. The summed E-state index contributed by atoms with van der Waals surface area (Å²) in [5.41, 5.74) is 0. The van der Waals surface area contributed by atoms with E-state index >= 15 is 0 Å². The van der Waals surface area contributed by atoms with Crippen LogP contribution in [-0.4, -0.2) is 46.0 Å². The number of carbonyl (C=O) groups is 2. The van der Waals surface area contributed by atoms with E-state index in [1.807, 2.05) is 13.2 Å². The van der Waals surface area contributed by atoms with Crippen molar-refractivity contribution in [2.24, 2.45) is 0 Å². The van der Waals surface area contributed by atoms with Crippen LogP contribution in [0.2, 0.25) is 0 Å². The summed E-state index contributed by atoms with van der Waals surface area (Å²) in [6.07, 6.45) is 3.71. The molecule has 1 fully saturated rings. The van der Waals surface area contributed by atoms with E-state index in [4.69, 9.17) is 5.11 Å². The van der Waals surface area contributed by atoms with Crippen LogP contribution in [0.25, 0.3) is 0 Å². The average Bonchev–Trinajstić information content (AvgIpc) is 2.62. The van der Waals surface area contributed by atoms with E-state index in [2.05, 4.69) is 0 Å². The normalized spacial score (nSPS) is 22.8. The number of carboxylic acid groups (broad SMARTS) is 1. The van der Waals surface area contributed by atoms with Crippen LogP contribution >= 0.6 is 11.8 Å². The van der Waals surface area contributed by atoms with Crippen LogP contribution in [0.3, 0.4) is 0 Å². The Labute approximate surface area is 94.0 Å². The van der Waals surface area contributed by atoms with E-state index in [9.17, 15) is 9.59 Å². The first-order valence-corrected chi connectivity index (χ1v) is 6.40. The van der Waals surface area contributed by atoms with Crippen molar-refractivity contribution in [3.8, 4) is 0 Å². The molecular formula is C10H17NO3S. The van der Waals surface area contributed by atoms with Gasteiger partial charge in [-0.3, -0.25) is 9.59 Å². The van der Waals surface area contributed by atoms with E-state index in [-0.39, 0.29) is 23.6 Å². The Hall–Kier alpha value is -0.710. The molecule has 0 aliphatic carbocycles. The summed E-state index contributed by atoms with van der Waals surface area (Å²) in [6, 6.07) is -0.0930. The number of rotatable bonds is 4. The molecule has 0 bridgehead atoms. The largest absolute Gasteiger partial charge is 0.481 e. The van der Waals surface area contributed by atoms with Gasteiger partial charge in [0.25, 0.3) is 0 Å². The highest BCUT2D eigenvalue weighted by atomic mass is 32.2. The summed E-state index contributed by atoms with van der Waals surface area (Å²) >= 11 is 1.50. The van der Waals surface area contributed by atoms with E-state index in [1.54, 1.807) is 4.90 Å². The van der Waals surface area contributed by atoms with Crippen LogP contribution in [-0.2, 0) is 9.59 Å². The highest BCUT2D eigenvalue weighted by Gasteiger charge is 2.32. The molecular weight excluding hydrogens is 214 g/mol. The minimum Gasteiger partial charge on any atom is -0.481 e. The lowest BCUT2D eigenvalue weighted by Crippen LogP contribution is -2.40. The molecule has 0 aromatic heterocycles. The van der Waals surface area contributed by atoms with Crippen LogP contribution in [0.4, 0.5) is 0 Å². The number of hydrogen-bond acceptors (Lipinski definition) is 3. The van der Waals surface area contributed by atoms with Gasteiger partial charge < -0.3 is 10.0 Å². The molecule has 1 heterocycles. The Kier molecular flexibility index (Phi) is 4.45. The third-order valence-electron chi connectivity index (χ3n) is 2.77. The second kappa shape index (κ2) is 5.39. The van der Waals surface area contributed by atoms with E-state index < -0.39 is 5.97 Å². The van der Waals surface area contributed by atoms with Gasteiger partial charge in [-0.25, -0.2) is 0 Å². The topological polar surface area (TPSA) is 57.6 Å². The molecule has 1 saturated heterocycles. The van der Waals surface area contributed by atoms with E-state index in [1.165, 1.54) is 11.8 Å². The monoisotopic (exact) mass is 231 g/mol. The number of aliphatic carboxylic acids is 1. The number of hydrogen-bond donors (Lipinski definition) is 1. The number of carbonyl (C=O) groups excluding carboxylic acids is 1. The van der Waals surface area contributed by atoms with Gasteiger partial charge in [0.1, 0.15) is 0 Å². The number of likely N-dealkylation sites (tertiary alicyclic amines) is 1. The Bertz CT molecular complexity index is 257. The second-order valence-corrected chi connectivity index (χ2v) is 4.98. The van der Waals surface area contributed by atoms with Gasteiger partial charge in [0.05, 0.1) is 11.7 Å². The van der Waals surface area contributed by atoms with Gasteiger partial charge in [0.2, 0.25) is 5.91 Å². The predicted molar refractivity (Wildman–Crippen MR) is 60.0 cm³/mol. The predicted octanol–water partition coefficient (Wildman–Crippen LogP) is 1.20. The summed E-state index contributed by atoms with van der Waals surface area (Å²) in [4.78, 5) is 24.2. The zero-order valence-corrected chi connectivity index (χ0v) is 9.92. The fraction of sp³-hybridized carbons (Fsp3) is 0.800. The molecule has 1 aliphatic rings. The maximum absolute atomic E-state index is 11.9. The third-order valence-corrected chi connectivity index (χ3v) is 3.68. The van der Waals surface area contributed by atoms with Crippen molar-refractivity contribution < 1.29 is 14.7 Å². The maximum Gasteiger partial charge on any atom is 0.305 e. The summed E-state index contributed by atoms with van der Waals surface area (Å²) in [6.45, 7) is 2.57. The summed E-state index contributed by atoms with van der Waals surface area (Å²) in [7, 11) is 0. The lowest BCUT2D eigenvalue weighted by atomic mass is 10.1. The molecule has 0 unspecified atom stereocenters. The first-order chi connectivity index (χ1) is 7.06. The molecule has 1 rings (SSSR count). The lowest BCUT2D eigenvalue weighted by Gasteiger charge is -2.25. The van der Waals surface area contributed by atoms with Crippen LogP contribution in [0, 0.1) is 0 Å². The van der Waals surface area contributed by atoms with Gasteiger partial charge in [-0.1, -0.05) is 0 Å². The van der Waals surface area contributed by atoms with Gasteiger partial charge in [0.15, 0.2) is 0 Å². The molecule has 0 aromatic carbocycles. The number of carboxylic acids is 1. The van der Waals surface area contributed by atoms with E-state index in [0.29, 0.717) is 6.54 Å². The van der Waals surface area contributed by atoms with Crippen molar-refractivity contribution in [1.82, 2.24) is 4.90 Å². The molecule has 0 spiro atoms. The molecule has 4 nitrogen and oxygen atoms in total. The van der Waals surface area contributed by atoms with Crippen molar-refractivity contribution in [2.45, 2.75) is 37.5 Å². The van der Waals surface area contributed by atoms with Gasteiger partial charge in [-0.2, -0.15) is 11.8 Å². The van der Waals surface area contributed by atoms with Crippen molar-refractivity contribution in [2.75, 3.05) is 12.8 Å². The van der Waals surface area contributed by atoms with Crippen molar-refractivity contribution in [3.63, 3.8) is 0 Å². The maximum atomic E-state index is 11.9. The van der Waals surface area contributed by atoms with Crippen molar-refractivity contribution in [3.05, 3.63) is 0 Å². The number of nitrogens with zero attached hydrogens (tertiary/aromatic N) is 1. The Balaban J connectivity index is 2.59. The van der Waals surface area contributed by atoms with Gasteiger partial charge >= 0.3 is 5.97 Å². The average molecular weight is 231 g/mol. The van der Waals surface area contributed by atoms with Gasteiger partial charge in [0, 0.05) is 12.6 Å². The molecule has 1 N–H and O–H groups in total. The van der Waals surface area contributed by atoms with Crippen LogP contribution < -0.4 is 0 Å². The molecule has 86 valence electrons. The molecule has 0 aromatic rings. The molecule has 0 saturated carbocycles. The molecule has 15 heavy (non-hydrogen) atoms. The highest BCUT2D eigenvalue weighted by Crippen LogP contribution is 2.23. The fourth-order valence-corrected chi connectivity index (χ4v) is 2.21. The van der Waals surface area contributed by atoms with Crippen molar-refractivity contribution in [1.29, 1.82) is 0 Å². The zero-order chi connectivity index (χ0) is 11.4. The first kappa shape index (κ1) is 12.4. The molecule has 1 amide bonds. The Morgan fingerprint density at radius 2 is 2.27 bits per heavy atom. The number of thioether (sulfide) groups is 1.